The van der Waals surface area contributed by atoms with Crippen LogP contribution < -0.4 is 5.32 Å². The predicted molar refractivity (Wildman–Crippen MR) is 99.0 cm³/mol. The number of carbonyl (C=O) groups excluding carboxylic acids is 1. The molecule has 0 saturated carbocycles. The highest BCUT2D eigenvalue weighted by molar-refractivity contribution is 5.97. The molecule has 4 rings (SSSR count). The van der Waals surface area contributed by atoms with Gasteiger partial charge in [0, 0.05) is 18.5 Å². The maximum Gasteiger partial charge on any atom is 0.215 e. The third-order valence-corrected chi connectivity index (χ3v) is 4.60. The first-order chi connectivity index (χ1) is 12.2. The summed E-state index contributed by atoms with van der Waals surface area (Å²) in [5.41, 5.74) is 4.04. The number of nitrogens with one attached hydrogen (secondary N) is 1. The second-order valence-electron chi connectivity index (χ2n) is 6.36. The summed E-state index contributed by atoms with van der Waals surface area (Å²) in [6.07, 6.45) is 2.20. The number of carbonyl (C=O) groups is 1. The van der Waals surface area contributed by atoms with Crippen LogP contribution in [0.5, 0.6) is 0 Å². The summed E-state index contributed by atoms with van der Waals surface area (Å²) in [6, 6.07) is 15.7. The smallest absolute Gasteiger partial charge is 0.215 e. The molecule has 0 bridgehead atoms. The first kappa shape index (κ1) is 15.6. The highest BCUT2D eigenvalue weighted by Crippen LogP contribution is 2.32. The number of fused-ring (bicyclic) bond motifs is 1. The largest absolute Gasteiger partial charge is 0.353 e. The highest BCUT2D eigenvalue weighted by atomic mass is 16.1. The van der Waals surface area contributed by atoms with E-state index in [4.69, 9.17) is 0 Å². The number of hydrazone groups is 1. The van der Waals surface area contributed by atoms with Crippen molar-refractivity contribution in [3.8, 4) is 0 Å². The van der Waals surface area contributed by atoms with Gasteiger partial charge < -0.3 is 5.32 Å². The van der Waals surface area contributed by atoms with Crippen LogP contribution in [0.4, 0.5) is 0 Å². The fourth-order valence-electron chi connectivity index (χ4n) is 3.24. The number of nitrogens with zero attached hydrogens (tertiary/aromatic N) is 3. The van der Waals surface area contributed by atoms with Crippen LogP contribution in [-0.2, 0) is 0 Å². The van der Waals surface area contributed by atoms with E-state index in [9.17, 15) is 4.79 Å². The number of rotatable bonds is 3. The number of ketones is 1. The number of guanidine groups is 1. The number of hydrogen-bond donors (Lipinski definition) is 1. The van der Waals surface area contributed by atoms with Crippen LogP contribution in [0.25, 0.3) is 0 Å². The van der Waals surface area contributed by atoms with E-state index in [1.54, 1.807) is 0 Å². The first-order valence-corrected chi connectivity index (χ1v) is 8.53. The molecule has 1 unspecified atom stereocenters. The molecule has 2 heterocycles. The molecule has 0 amide bonds. The fraction of sp³-hybridized carbons (Fsp3) is 0.250. The van der Waals surface area contributed by atoms with Gasteiger partial charge in [-0.05, 0) is 18.1 Å². The van der Waals surface area contributed by atoms with Gasteiger partial charge in [-0.2, -0.15) is 5.10 Å². The number of hydrogen-bond acceptors (Lipinski definition) is 5. The van der Waals surface area contributed by atoms with E-state index in [-0.39, 0.29) is 11.8 Å². The van der Waals surface area contributed by atoms with Gasteiger partial charge in [-0.25, -0.2) is 10.0 Å². The van der Waals surface area contributed by atoms with E-state index in [0.29, 0.717) is 6.42 Å². The van der Waals surface area contributed by atoms with Crippen molar-refractivity contribution in [1.29, 1.82) is 0 Å². The standard InChI is InChI=1S/C20H20N4O/c1-14-6-8-15(9-7-14)19(25)12-18-17-5-3-2-4-16(17)13-23-24(18)20-21-10-11-22-20/h2-9,13,18H,10-12H2,1H3,(H,21,22). The zero-order valence-corrected chi connectivity index (χ0v) is 14.1. The topological polar surface area (TPSA) is 57.1 Å². The minimum absolute atomic E-state index is 0.112. The minimum Gasteiger partial charge on any atom is -0.353 e. The van der Waals surface area contributed by atoms with Gasteiger partial charge in [-0.1, -0.05) is 54.1 Å². The molecule has 2 aromatic carbocycles. The Kier molecular flexibility index (Phi) is 4.06. The molecule has 2 aliphatic rings. The third kappa shape index (κ3) is 3.05. The lowest BCUT2D eigenvalue weighted by Crippen LogP contribution is -2.40. The molecule has 0 spiro atoms. The number of aliphatic imine (C=N–C) groups is 1. The van der Waals surface area contributed by atoms with Crippen LogP contribution >= 0.6 is 0 Å². The molecule has 5 heteroatoms. The monoisotopic (exact) mass is 332 g/mol. The lowest BCUT2D eigenvalue weighted by atomic mass is 9.93. The van der Waals surface area contributed by atoms with Crippen molar-refractivity contribution in [2.45, 2.75) is 19.4 Å². The van der Waals surface area contributed by atoms with Gasteiger partial charge in [0.25, 0.3) is 0 Å². The molecule has 1 atom stereocenters. The molecule has 2 aromatic rings. The molecule has 0 aliphatic carbocycles. The normalized spacial score (nSPS) is 18.5. The fourth-order valence-corrected chi connectivity index (χ4v) is 3.24. The van der Waals surface area contributed by atoms with E-state index in [2.05, 4.69) is 21.5 Å². The molecule has 1 N–H and O–H groups in total. The second kappa shape index (κ2) is 6.51. The van der Waals surface area contributed by atoms with Crippen molar-refractivity contribution < 1.29 is 4.79 Å². The van der Waals surface area contributed by atoms with Crippen molar-refractivity contribution in [1.82, 2.24) is 10.3 Å². The van der Waals surface area contributed by atoms with Crippen molar-refractivity contribution >= 4 is 18.0 Å². The lowest BCUT2D eigenvalue weighted by Gasteiger charge is -2.32. The maximum atomic E-state index is 12.9. The molecule has 0 saturated heterocycles. The molecule has 0 radical (unpaired) electrons. The molecule has 0 fully saturated rings. The Hall–Kier alpha value is -2.95. The highest BCUT2D eigenvalue weighted by Gasteiger charge is 2.31. The Morgan fingerprint density at radius 3 is 2.76 bits per heavy atom. The maximum absolute atomic E-state index is 12.9. The van der Waals surface area contributed by atoms with Gasteiger partial charge in [-0.15, -0.1) is 0 Å². The summed E-state index contributed by atoms with van der Waals surface area (Å²) in [5, 5.41) is 9.66. The van der Waals surface area contributed by atoms with Gasteiger partial charge in [0.1, 0.15) is 0 Å². The SMILES string of the molecule is Cc1ccc(C(=O)CC2c3ccccc3C=NN2C2=NCCN2)cc1. The van der Waals surface area contributed by atoms with Crippen LogP contribution in [0.3, 0.4) is 0 Å². The predicted octanol–water partition coefficient (Wildman–Crippen LogP) is 2.92. The molecule has 5 nitrogen and oxygen atoms in total. The summed E-state index contributed by atoms with van der Waals surface area (Å²) >= 11 is 0. The first-order valence-electron chi connectivity index (χ1n) is 8.53. The molecular formula is C20H20N4O. The van der Waals surface area contributed by atoms with E-state index in [1.807, 2.05) is 60.6 Å². The van der Waals surface area contributed by atoms with Gasteiger partial charge >= 0.3 is 0 Å². The van der Waals surface area contributed by atoms with E-state index in [1.165, 1.54) is 0 Å². The van der Waals surface area contributed by atoms with Crippen LogP contribution in [0.1, 0.15) is 39.5 Å². The Morgan fingerprint density at radius 1 is 1.20 bits per heavy atom. The van der Waals surface area contributed by atoms with Crippen LogP contribution in [0.15, 0.2) is 58.6 Å². The Bertz CT molecular complexity index is 854. The Balaban J connectivity index is 1.66. The average molecular weight is 332 g/mol. The minimum atomic E-state index is -0.153. The quantitative estimate of drug-likeness (QED) is 0.879. The summed E-state index contributed by atoms with van der Waals surface area (Å²) in [4.78, 5) is 17.3. The van der Waals surface area contributed by atoms with Crippen molar-refractivity contribution in [2.75, 3.05) is 13.1 Å². The third-order valence-electron chi connectivity index (χ3n) is 4.60. The van der Waals surface area contributed by atoms with Crippen molar-refractivity contribution in [3.63, 3.8) is 0 Å². The van der Waals surface area contributed by atoms with E-state index < -0.39 is 0 Å². The zero-order chi connectivity index (χ0) is 17.2. The summed E-state index contributed by atoms with van der Waals surface area (Å²) in [5.74, 6) is 0.855. The van der Waals surface area contributed by atoms with Gasteiger partial charge in [0.2, 0.25) is 5.96 Å². The molecule has 126 valence electrons. The second-order valence-corrected chi connectivity index (χ2v) is 6.36. The summed E-state index contributed by atoms with van der Waals surface area (Å²) in [6.45, 7) is 3.56. The molecular weight excluding hydrogens is 312 g/mol. The molecule has 25 heavy (non-hydrogen) atoms. The van der Waals surface area contributed by atoms with Gasteiger partial charge in [0.05, 0.1) is 18.8 Å². The van der Waals surface area contributed by atoms with E-state index in [0.717, 1.165) is 41.3 Å². The summed E-state index contributed by atoms with van der Waals surface area (Å²) < 4.78 is 0. The summed E-state index contributed by atoms with van der Waals surface area (Å²) in [7, 11) is 0. The number of Topliss-reactive ketones (excluding diaryl/α,β-unsaturated/α-hetero) is 1. The molecule has 0 aromatic heterocycles. The average Bonchev–Trinajstić information content (AvgIpc) is 3.17. The van der Waals surface area contributed by atoms with Gasteiger partial charge in [-0.3, -0.25) is 4.79 Å². The number of aryl methyl sites for hydroxylation is 1. The van der Waals surface area contributed by atoms with Gasteiger partial charge in [0.15, 0.2) is 5.78 Å². The van der Waals surface area contributed by atoms with Crippen LogP contribution in [0.2, 0.25) is 0 Å². The Labute approximate surface area is 147 Å². The molecule has 2 aliphatic heterocycles. The number of benzene rings is 2. The lowest BCUT2D eigenvalue weighted by molar-refractivity contribution is 0.0948. The van der Waals surface area contributed by atoms with Crippen LogP contribution in [0, 0.1) is 6.92 Å². The zero-order valence-electron chi connectivity index (χ0n) is 14.1. The Morgan fingerprint density at radius 2 is 2.00 bits per heavy atom. The van der Waals surface area contributed by atoms with Crippen molar-refractivity contribution in [3.05, 3.63) is 70.8 Å². The van der Waals surface area contributed by atoms with Crippen molar-refractivity contribution in [2.24, 2.45) is 10.1 Å². The van der Waals surface area contributed by atoms with Crippen LogP contribution in [-0.4, -0.2) is 36.1 Å². The van der Waals surface area contributed by atoms with E-state index >= 15 is 0 Å².